The summed E-state index contributed by atoms with van der Waals surface area (Å²) in [7, 11) is 0. The molecule has 0 aromatic heterocycles. The number of rotatable bonds is 5. The highest BCUT2D eigenvalue weighted by molar-refractivity contribution is 9.10. The van der Waals surface area contributed by atoms with Gasteiger partial charge < -0.3 is 5.32 Å². The molecule has 0 saturated heterocycles. The Morgan fingerprint density at radius 1 is 1.41 bits per heavy atom. The number of hydrogen-bond acceptors (Lipinski definition) is 1. The molecule has 0 aliphatic heterocycles. The first kappa shape index (κ1) is 12.6. The second-order valence-corrected chi connectivity index (χ2v) is 5.77. The summed E-state index contributed by atoms with van der Waals surface area (Å²) in [6.45, 7) is 3.02. The molecule has 1 N–H and O–H groups in total. The summed E-state index contributed by atoms with van der Waals surface area (Å²) >= 11 is 3.40. The average Bonchev–Trinajstić information content (AvgIpc) is 3.08. The van der Waals surface area contributed by atoms with E-state index in [0.29, 0.717) is 5.41 Å². The Kier molecular flexibility index (Phi) is 3.87. The fourth-order valence-corrected chi connectivity index (χ4v) is 2.70. The van der Waals surface area contributed by atoms with E-state index in [1.165, 1.54) is 25.7 Å². The van der Waals surface area contributed by atoms with Gasteiger partial charge in [0, 0.05) is 11.0 Å². The minimum absolute atomic E-state index is 0.0276. The number of carbonyl (C=O) groups excluding carboxylic acids is 1. The first-order chi connectivity index (χ1) is 8.17. The molecule has 0 atom stereocenters. The fraction of sp³-hybridized carbons (Fsp3) is 0.500. The van der Waals surface area contributed by atoms with E-state index < -0.39 is 0 Å². The maximum absolute atomic E-state index is 12.0. The zero-order valence-electron chi connectivity index (χ0n) is 10.1. The monoisotopic (exact) mass is 295 g/mol. The standard InChI is InChI=1S/C14H18BrNO/c1-2-7-14(8-9-14)10-16-13(17)11-5-3-4-6-12(11)15/h3-6H,2,7-10H2,1H3,(H,16,17). The van der Waals surface area contributed by atoms with Crippen LogP contribution in [0.4, 0.5) is 0 Å². The zero-order chi connectivity index (χ0) is 12.3. The summed E-state index contributed by atoms with van der Waals surface area (Å²) in [6.07, 6.45) is 4.95. The van der Waals surface area contributed by atoms with Crippen molar-refractivity contribution in [3.05, 3.63) is 34.3 Å². The molecule has 1 saturated carbocycles. The maximum atomic E-state index is 12.0. The van der Waals surface area contributed by atoms with E-state index in [9.17, 15) is 4.79 Å². The van der Waals surface area contributed by atoms with Crippen molar-refractivity contribution >= 4 is 21.8 Å². The molecule has 1 aromatic carbocycles. The molecule has 1 fully saturated rings. The lowest BCUT2D eigenvalue weighted by atomic mass is 10.0. The maximum Gasteiger partial charge on any atom is 0.252 e. The smallest absolute Gasteiger partial charge is 0.252 e. The quantitative estimate of drug-likeness (QED) is 0.880. The van der Waals surface area contributed by atoms with Gasteiger partial charge in [-0.05, 0) is 52.7 Å². The number of nitrogens with one attached hydrogen (secondary N) is 1. The minimum atomic E-state index is 0.0276. The molecule has 2 rings (SSSR count). The van der Waals surface area contributed by atoms with Gasteiger partial charge in [0.15, 0.2) is 0 Å². The number of hydrogen-bond donors (Lipinski definition) is 1. The molecule has 3 heteroatoms. The van der Waals surface area contributed by atoms with Crippen molar-refractivity contribution in [1.29, 1.82) is 0 Å². The molecule has 92 valence electrons. The van der Waals surface area contributed by atoms with E-state index in [2.05, 4.69) is 28.2 Å². The SMILES string of the molecule is CCCC1(CNC(=O)c2ccccc2Br)CC1. The molecular formula is C14H18BrNO. The van der Waals surface area contributed by atoms with E-state index in [0.717, 1.165) is 16.6 Å². The van der Waals surface area contributed by atoms with Gasteiger partial charge in [-0.25, -0.2) is 0 Å². The summed E-state index contributed by atoms with van der Waals surface area (Å²) in [6, 6.07) is 7.55. The second-order valence-electron chi connectivity index (χ2n) is 4.91. The Morgan fingerprint density at radius 2 is 2.12 bits per heavy atom. The third-order valence-corrected chi connectivity index (χ3v) is 4.17. The molecule has 1 aliphatic carbocycles. The highest BCUT2D eigenvalue weighted by Gasteiger charge is 2.41. The van der Waals surface area contributed by atoms with Crippen molar-refractivity contribution in [1.82, 2.24) is 5.32 Å². The Bertz CT molecular complexity index is 412. The van der Waals surface area contributed by atoms with Crippen LogP contribution in [0, 0.1) is 5.41 Å². The first-order valence-electron chi connectivity index (χ1n) is 6.20. The zero-order valence-corrected chi connectivity index (χ0v) is 11.7. The number of benzene rings is 1. The van der Waals surface area contributed by atoms with Crippen molar-refractivity contribution in [2.24, 2.45) is 5.41 Å². The van der Waals surface area contributed by atoms with Crippen molar-refractivity contribution in [3.8, 4) is 0 Å². The van der Waals surface area contributed by atoms with Crippen LogP contribution in [0.3, 0.4) is 0 Å². The van der Waals surface area contributed by atoms with E-state index >= 15 is 0 Å². The lowest BCUT2D eigenvalue weighted by Crippen LogP contribution is -2.30. The summed E-state index contributed by atoms with van der Waals surface area (Å²) in [5.41, 5.74) is 1.13. The molecule has 0 bridgehead atoms. The fourth-order valence-electron chi connectivity index (χ4n) is 2.23. The minimum Gasteiger partial charge on any atom is -0.351 e. The van der Waals surface area contributed by atoms with Crippen molar-refractivity contribution in [2.45, 2.75) is 32.6 Å². The van der Waals surface area contributed by atoms with Gasteiger partial charge in [-0.3, -0.25) is 4.79 Å². The van der Waals surface area contributed by atoms with Crippen molar-refractivity contribution in [2.75, 3.05) is 6.54 Å². The van der Waals surface area contributed by atoms with Gasteiger partial charge in [-0.2, -0.15) is 0 Å². The Balaban J connectivity index is 1.92. The molecule has 2 nitrogen and oxygen atoms in total. The van der Waals surface area contributed by atoms with Crippen molar-refractivity contribution < 1.29 is 4.79 Å². The van der Waals surface area contributed by atoms with Crippen LogP contribution < -0.4 is 5.32 Å². The normalized spacial score (nSPS) is 16.6. The van der Waals surface area contributed by atoms with Crippen LogP contribution in [-0.2, 0) is 0 Å². The first-order valence-corrected chi connectivity index (χ1v) is 6.99. The van der Waals surface area contributed by atoms with Crippen LogP contribution in [0.2, 0.25) is 0 Å². The number of carbonyl (C=O) groups is 1. The average molecular weight is 296 g/mol. The third-order valence-electron chi connectivity index (χ3n) is 3.48. The predicted octanol–water partition coefficient (Wildman–Crippen LogP) is 3.76. The molecular weight excluding hydrogens is 278 g/mol. The Hall–Kier alpha value is -0.830. The topological polar surface area (TPSA) is 29.1 Å². The summed E-state index contributed by atoms with van der Waals surface area (Å²) in [4.78, 5) is 12.0. The van der Waals surface area contributed by atoms with Crippen LogP contribution in [0.5, 0.6) is 0 Å². The van der Waals surface area contributed by atoms with Crippen LogP contribution in [-0.4, -0.2) is 12.5 Å². The highest BCUT2D eigenvalue weighted by Crippen LogP contribution is 2.48. The molecule has 1 aliphatic rings. The van der Waals surface area contributed by atoms with Gasteiger partial charge in [-0.1, -0.05) is 25.5 Å². The molecule has 0 unspecified atom stereocenters. The van der Waals surface area contributed by atoms with Gasteiger partial charge in [0.2, 0.25) is 0 Å². The van der Waals surface area contributed by atoms with Gasteiger partial charge in [0.25, 0.3) is 5.91 Å². The van der Waals surface area contributed by atoms with Gasteiger partial charge in [-0.15, -0.1) is 0 Å². The highest BCUT2D eigenvalue weighted by atomic mass is 79.9. The number of amides is 1. The molecule has 17 heavy (non-hydrogen) atoms. The molecule has 1 aromatic rings. The van der Waals surface area contributed by atoms with Crippen LogP contribution in [0.1, 0.15) is 43.0 Å². The van der Waals surface area contributed by atoms with E-state index in [-0.39, 0.29) is 5.91 Å². The Morgan fingerprint density at radius 3 is 2.71 bits per heavy atom. The van der Waals surface area contributed by atoms with Gasteiger partial charge in [0.05, 0.1) is 5.56 Å². The number of halogens is 1. The molecule has 0 heterocycles. The van der Waals surface area contributed by atoms with Gasteiger partial charge in [0.1, 0.15) is 0 Å². The third kappa shape index (κ3) is 3.09. The van der Waals surface area contributed by atoms with Gasteiger partial charge >= 0.3 is 0 Å². The van der Waals surface area contributed by atoms with E-state index in [1.54, 1.807) is 0 Å². The van der Waals surface area contributed by atoms with Crippen molar-refractivity contribution in [3.63, 3.8) is 0 Å². The lowest BCUT2D eigenvalue weighted by Gasteiger charge is -2.15. The molecule has 0 radical (unpaired) electrons. The predicted molar refractivity (Wildman–Crippen MR) is 73.1 cm³/mol. The Labute approximate surface area is 111 Å². The second kappa shape index (κ2) is 5.21. The van der Waals surface area contributed by atoms with E-state index in [4.69, 9.17) is 0 Å². The summed E-state index contributed by atoms with van der Waals surface area (Å²) in [5, 5.41) is 3.06. The summed E-state index contributed by atoms with van der Waals surface area (Å²) < 4.78 is 0.859. The van der Waals surface area contributed by atoms with Crippen LogP contribution in [0.15, 0.2) is 28.7 Å². The van der Waals surface area contributed by atoms with E-state index in [1.807, 2.05) is 24.3 Å². The van der Waals surface area contributed by atoms with Crippen LogP contribution >= 0.6 is 15.9 Å². The molecule has 1 amide bonds. The summed E-state index contributed by atoms with van der Waals surface area (Å²) in [5.74, 6) is 0.0276. The largest absolute Gasteiger partial charge is 0.351 e. The van der Waals surface area contributed by atoms with Crippen LogP contribution in [0.25, 0.3) is 0 Å². The molecule has 0 spiro atoms. The lowest BCUT2D eigenvalue weighted by molar-refractivity contribution is 0.0943.